The second-order valence-corrected chi connectivity index (χ2v) is 4.89. The van der Waals surface area contributed by atoms with E-state index in [0.717, 1.165) is 0 Å². The molecule has 1 amide bonds. The minimum atomic E-state index is -0.902. The number of aliphatic carboxylic acids is 1. The molecule has 0 saturated carbocycles. The van der Waals surface area contributed by atoms with Crippen LogP contribution in [-0.2, 0) is 20.9 Å². The van der Waals surface area contributed by atoms with Crippen molar-refractivity contribution < 1.29 is 19.4 Å². The maximum Gasteiger partial charge on any atom is 0.311 e. The van der Waals surface area contributed by atoms with E-state index in [1.165, 1.54) is 0 Å². The van der Waals surface area contributed by atoms with Crippen molar-refractivity contribution in [3.05, 3.63) is 12.4 Å². The third-order valence-corrected chi connectivity index (χ3v) is 3.57. The summed E-state index contributed by atoms with van der Waals surface area (Å²) in [6.45, 7) is 1.40. The van der Waals surface area contributed by atoms with E-state index in [-0.39, 0.29) is 18.9 Å². The van der Waals surface area contributed by atoms with Crippen LogP contribution in [0.4, 0.5) is 0 Å². The van der Waals surface area contributed by atoms with Crippen molar-refractivity contribution in [1.82, 2.24) is 20.3 Å². The summed E-state index contributed by atoms with van der Waals surface area (Å²) in [4.78, 5) is 23.2. The first-order valence-electron chi connectivity index (χ1n) is 6.54. The van der Waals surface area contributed by atoms with Crippen LogP contribution in [0.2, 0.25) is 0 Å². The molecule has 0 unspecified atom stereocenters. The average Bonchev–Trinajstić information content (AvgIpc) is 2.97. The second-order valence-electron chi connectivity index (χ2n) is 4.89. The van der Waals surface area contributed by atoms with Gasteiger partial charge in [-0.2, -0.15) is 0 Å². The maximum absolute atomic E-state index is 11.7. The van der Waals surface area contributed by atoms with Gasteiger partial charge in [0.2, 0.25) is 5.91 Å². The summed E-state index contributed by atoms with van der Waals surface area (Å²) in [5, 5.41) is 19.5. The number of aromatic nitrogens is 3. The first kappa shape index (κ1) is 14.4. The molecule has 1 aliphatic heterocycles. The summed E-state index contributed by atoms with van der Waals surface area (Å²) in [5.74, 6) is -1.06. The molecule has 1 aromatic heterocycles. The lowest BCUT2D eigenvalue weighted by Gasteiger charge is -2.33. The van der Waals surface area contributed by atoms with Crippen LogP contribution in [0.15, 0.2) is 12.4 Å². The summed E-state index contributed by atoms with van der Waals surface area (Å²) >= 11 is 0. The molecule has 1 aromatic rings. The highest BCUT2D eigenvalue weighted by atomic mass is 16.5. The lowest BCUT2D eigenvalue weighted by molar-refractivity contribution is -0.154. The number of nitrogens with zero attached hydrogens (tertiary/aromatic N) is 3. The van der Waals surface area contributed by atoms with Crippen LogP contribution >= 0.6 is 0 Å². The number of carboxylic acid groups (broad SMARTS) is 1. The van der Waals surface area contributed by atoms with Crippen LogP contribution in [0, 0.1) is 5.41 Å². The van der Waals surface area contributed by atoms with Crippen molar-refractivity contribution >= 4 is 11.9 Å². The molecule has 0 radical (unpaired) electrons. The number of rotatable bonds is 6. The number of amides is 1. The van der Waals surface area contributed by atoms with E-state index in [2.05, 4.69) is 15.6 Å². The molecule has 20 heavy (non-hydrogen) atoms. The van der Waals surface area contributed by atoms with E-state index in [4.69, 9.17) is 4.74 Å². The Bertz CT molecular complexity index is 454. The Morgan fingerprint density at radius 3 is 2.75 bits per heavy atom. The predicted octanol–water partition coefficient (Wildman–Crippen LogP) is -0.334. The van der Waals surface area contributed by atoms with Gasteiger partial charge in [-0.25, -0.2) is 0 Å². The molecule has 0 bridgehead atoms. The Kier molecular flexibility index (Phi) is 4.67. The number of hydrogen-bond acceptors (Lipinski definition) is 5. The van der Waals surface area contributed by atoms with Crippen molar-refractivity contribution in [1.29, 1.82) is 0 Å². The molecule has 0 spiro atoms. The molecule has 1 fully saturated rings. The van der Waals surface area contributed by atoms with Gasteiger partial charge < -0.3 is 15.2 Å². The fourth-order valence-electron chi connectivity index (χ4n) is 2.15. The van der Waals surface area contributed by atoms with E-state index in [0.29, 0.717) is 32.6 Å². The van der Waals surface area contributed by atoms with Gasteiger partial charge in [-0.3, -0.25) is 14.3 Å². The number of carboxylic acids is 1. The molecular formula is C12H18N4O4. The van der Waals surface area contributed by atoms with Gasteiger partial charge in [-0.05, 0) is 12.8 Å². The molecule has 2 rings (SSSR count). The minimum Gasteiger partial charge on any atom is -0.481 e. The molecule has 8 nitrogen and oxygen atoms in total. The molecule has 1 saturated heterocycles. The summed E-state index contributed by atoms with van der Waals surface area (Å²) in [7, 11) is 0. The Hall–Kier alpha value is -1.96. The van der Waals surface area contributed by atoms with Crippen LogP contribution in [-0.4, -0.2) is 51.7 Å². The molecule has 1 aliphatic rings. The molecule has 2 heterocycles. The zero-order valence-corrected chi connectivity index (χ0v) is 11.1. The van der Waals surface area contributed by atoms with Crippen LogP contribution in [0.1, 0.15) is 19.3 Å². The van der Waals surface area contributed by atoms with Gasteiger partial charge in [0.05, 0.1) is 18.2 Å². The Morgan fingerprint density at radius 2 is 2.15 bits per heavy atom. The summed E-state index contributed by atoms with van der Waals surface area (Å²) in [6.07, 6.45) is 4.30. The SMILES string of the molecule is O=C(CCn1ccnn1)NCC1(C(=O)O)CCOCC1. The number of aryl methyl sites for hydroxylation is 1. The molecule has 8 heteroatoms. The highest BCUT2D eigenvalue weighted by Crippen LogP contribution is 2.30. The zero-order valence-electron chi connectivity index (χ0n) is 11.1. The monoisotopic (exact) mass is 282 g/mol. The number of carbonyl (C=O) groups excluding carboxylic acids is 1. The average molecular weight is 282 g/mol. The smallest absolute Gasteiger partial charge is 0.311 e. The Balaban J connectivity index is 1.80. The van der Waals surface area contributed by atoms with Gasteiger partial charge in [-0.1, -0.05) is 5.21 Å². The molecule has 110 valence electrons. The van der Waals surface area contributed by atoms with Crippen molar-refractivity contribution in [3.63, 3.8) is 0 Å². The van der Waals surface area contributed by atoms with Gasteiger partial charge in [0.1, 0.15) is 0 Å². The number of ether oxygens (including phenoxy) is 1. The summed E-state index contributed by atoms with van der Waals surface area (Å²) in [5.41, 5.74) is -0.902. The molecule has 0 aromatic carbocycles. The first-order valence-corrected chi connectivity index (χ1v) is 6.54. The van der Waals surface area contributed by atoms with E-state index in [9.17, 15) is 14.7 Å². The van der Waals surface area contributed by atoms with Gasteiger partial charge in [0, 0.05) is 32.4 Å². The van der Waals surface area contributed by atoms with Crippen molar-refractivity contribution in [2.75, 3.05) is 19.8 Å². The first-order chi connectivity index (χ1) is 9.62. The lowest BCUT2D eigenvalue weighted by atomic mass is 9.80. The predicted molar refractivity (Wildman–Crippen MR) is 67.8 cm³/mol. The quantitative estimate of drug-likeness (QED) is 0.739. The largest absolute Gasteiger partial charge is 0.481 e. The van der Waals surface area contributed by atoms with E-state index in [1.807, 2.05) is 0 Å². The highest BCUT2D eigenvalue weighted by molar-refractivity contribution is 5.79. The Morgan fingerprint density at radius 1 is 1.40 bits per heavy atom. The molecule has 0 atom stereocenters. The summed E-state index contributed by atoms with van der Waals surface area (Å²) < 4.78 is 6.74. The van der Waals surface area contributed by atoms with Gasteiger partial charge in [-0.15, -0.1) is 5.10 Å². The van der Waals surface area contributed by atoms with Crippen LogP contribution in [0.25, 0.3) is 0 Å². The second kappa shape index (κ2) is 6.47. The third kappa shape index (κ3) is 3.53. The topological polar surface area (TPSA) is 106 Å². The van der Waals surface area contributed by atoms with Crippen molar-refractivity contribution in [2.45, 2.75) is 25.8 Å². The number of hydrogen-bond donors (Lipinski definition) is 2. The van der Waals surface area contributed by atoms with E-state index >= 15 is 0 Å². The van der Waals surface area contributed by atoms with Crippen molar-refractivity contribution in [3.8, 4) is 0 Å². The molecule has 0 aliphatic carbocycles. The lowest BCUT2D eigenvalue weighted by Crippen LogP contribution is -2.46. The number of nitrogens with one attached hydrogen (secondary N) is 1. The highest BCUT2D eigenvalue weighted by Gasteiger charge is 2.40. The van der Waals surface area contributed by atoms with Gasteiger partial charge in [0.15, 0.2) is 0 Å². The molecule has 2 N–H and O–H groups in total. The van der Waals surface area contributed by atoms with E-state index < -0.39 is 11.4 Å². The minimum absolute atomic E-state index is 0.141. The number of carbonyl (C=O) groups is 2. The van der Waals surface area contributed by atoms with Gasteiger partial charge >= 0.3 is 5.97 Å². The van der Waals surface area contributed by atoms with Crippen molar-refractivity contribution in [2.24, 2.45) is 5.41 Å². The van der Waals surface area contributed by atoms with Crippen LogP contribution in [0.5, 0.6) is 0 Å². The summed E-state index contributed by atoms with van der Waals surface area (Å²) in [6, 6.07) is 0. The molecular weight excluding hydrogens is 264 g/mol. The normalized spacial score (nSPS) is 17.6. The fraction of sp³-hybridized carbons (Fsp3) is 0.667. The van der Waals surface area contributed by atoms with Crippen LogP contribution in [0.3, 0.4) is 0 Å². The zero-order chi connectivity index (χ0) is 14.4. The van der Waals surface area contributed by atoms with Crippen LogP contribution < -0.4 is 5.32 Å². The standard InChI is InChI=1S/C12H18N4O4/c17-10(1-5-16-6-4-14-15-16)13-9-12(11(18)19)2-7-20-8-3-12/h4,6H,1-3,5,7-9H2,(H,13,17)(H,18,19). The van der Waals surface area contributed by atoms with Gasteiger partial charge in [0.25, 0.3) is 0 Å². The fourth-order valence-corrected chi connectivity index (χ4v) is 2.15. The maximum atomic E-state index is 11.7. The Labute approximate surface area is 116 Å². The third-order valence-electron chi connectivity index (χ3n) is 3.57. The van der Waals surface area contributed by atoms with E-state index in [1.54, 1.807) is 17.1 Å².